The van der Waals surface area contributed by atoms with E-state index >= 15 is 0 Å². The second-order valence-corrected chi connectivity index (χ2v) is 23.4. The first-order valence-corrected chi connectivity index (χ1v) is 22.0. The molecule has 0 saturated carbocycles. The summed E-state index contributed by atoms with van der Waals surface area (Å²) in [5.41, 5.74) is 7.55. The Bertz CT molecular complexity index is 2210. The molecule has 7 nitrogen and oxygen atoms in total. The molecular formula is C47H56N5O2Si-. The van der Waals surface area contributed by atoms with E-state index in [0.717, 1.165) is 44.5 Å². The van der Waals surface area contributed by atoms with E-state index in [4.69, 9.17) is 16.8 Å². The molecule has 1 atom stereocenters. The first kappa shape index (κ1) is 41.3. The van der Waals surface area contributed by atoms with Crippen LogP contribution in [0.5, 0.6) is 0 Å². The van der Waals surface area contributed by atoms with Gasteiger partial charge in [-0.15, -0.1) is 5.06 Å². The summed E-state index contributed by atoms with van der Waals surface area (Å²) in [5, 5.41) is 25.9. The van der Waals surface area contributed by atoms with Crippen molar-refractivity contribution in [3.8, 4) is 23.0 Å². The average molecular weight is 751 g/mol. The molecule has 0 aromatic heterocycles. The summed E-state index contributed by atoms with van der Waals surface area (Å²) >= 11 is 0. The van der Waals surface area contributed by atoms with Crippen LogP contribution in [0.15, 0.2) is 89.6 Å². The summed E-state index contributed by atoms with van der Waals surface area (Å²) in [6.07, 6.45) is 1.77. The minimum Gasteiger partial charge on any atom is -0.785 e. The molecule has 1 heterocycles. The number of aliphatic imine (C=N–C) groups is 1. The van der Waals surface area contributed by atoms with Gasteiger partial charge in [0.25, 0.3) is 0 Å². The largest absolute Gasteiger partial charge is 0.785 e. The van der Waals surface area contributed by atoms with Crippen molar-refractivity contribution in [1.82, 2.24) is 10.1 Å². The van der Waals surface area contributed by atoms with Gasteiger partial charge in [-0.1, -0.05) is 100 Å². The van der Waals surface area contributed by atoms with E-state index in [2.05, 4.69) is 101 Å². The van der Waals surface area contributed by atoms with Gasteiger partial charge in [0.2, 0.25) is 5.70 Å². The average Bonchev–Trinajstić information content (AvgIpc) is 3.51. The van der Waals surface area contributed by atoms with Crippen LogP contribution >= 0.6 is 0 Å². The third kappa shape index (κ3) is 8.85. The quantitative estimate of drug-likeness (QED) is 0.0639. The molecule has 2 aromatic rings. The smallest absolute Gasteiger partial charge is 0.234 e. The summed E-state index contributed by atoms with van der Waals surface area (Å²) in [6, 6.07) is 25.7. The van der Waals surface area contributed by atoms with Gasteiger partial charge in [0.15, 0.2) is 5.76 Å². The fraction of sp³-hybridized carbons (Fsp3) is 0.383. The minimum absolute atomic E-state index is 0.0613. The van der Waals surface area contributed by atoms with Crippen LogP contribution in [0.3, 0.4) is 0 Å². The first-order valence-electron chi connectivity index (χ1n) is 19.0. The number of hydroxylamine groups is 4. The van der Waals surface area contributed by atoms with Crippen molar-refractivity contribution in [1.29, 1.82) is 5.41 Å². The number of benzene rings is 2. The third-order valence-electron chi connectivity index (χ3n) is 10.7. The van der Waals surface area contributed by atoms with E-state index in [-0.39, 0.29) is 11.6 Å². The van der Waals surface area contributed by atoms with Gasteiger partial charge in [-0.25, -0.2) is 4.85 Å². The van der Waals surface area contributed by atoms with Gasteiger partial charge in [0.05, 0.1) is 21.2 Å². The fourth-order valence-corrected chi connectivity index (χ4v) is 9.45. The Morgan fingerprint density at radius 2 is 1.55 bits per heavy atom. The minimum atomic E-state index is -2.38. The summed E-state index contributed by atoms with van der Waals surface area (Å²) in [7, 11) is -2.38. The number of nitrogens with zero attached hydrogens (tertiary/aromatic N) is 4. The topological polar surface area (TPSA) is 79.3 Å². The van der Waals surface area contributed by atoms with Crippen LogP contribution < -0.4 is 5.19 Å². The normalized spacial score (nSPS) is 15.7. The Morgan fingerprint density at radius 3 is 2.13 bits per heavy atom. The number of fused-ring (bicyclic) bond motifs is 1. The van der Waals surface area contributed by atoms with Gasteiger partial charge >= 0.3 is 0 Å². The second-order valence-electron chi connectivity index (χ2n) is 18.1. The van der Waals surface area contributed by atoms with E-state index in [9.17, 15) is 5.21 Å². The van der Waals surface area contributed by atoms with Crippen molar-refractivity contribution in [3.05, 3.63) is 135 Å². The predicted molar refractivity (Wildman–Crippen MR) is 232 cm³/mol. The molecule has 1 unspecified atom stereocenters. The van der Waals surface area contributed by atoms with Gasteiger partial charge in [-0.2, -0.15) is 0 Å². The van der Waals surface area contributed by atoms with Gasteiger partial charge in [0, 0.05) is 46.2 Å². The predicted octanol–water partition coefficient (Wildman–Crippen LogP) is 10.8. The van der Waals surface area contributed by atoms with Crippen molar-refractivity contribution < 1.29 is 4.84 Å². The van der Waals surface area contributed by atoms with Crippen LogP contribution in [-0.2, 0) is 11.4 Å². The van der Waals surface area contributed by atoms with Crippen molar-refractivity contribution in [2.45, 2.75) is 111 Å². The van der Waals surface area contributed by atoms with Crippen molar-refractivity contribution >= 4 is 30.9 Å². The van der Waals surface area contributed by atoms with Crippen LogP contribution in [0.25, 0.3) is 21.7 Å². The lowest BCUT2D eigenvalue weighted by Crippen LogP contribution is -2.54. The monoisotopic (exact) mass is 750 g/mol. The van der Waals surface area contributed by atoms with Crippen LogP contribution in [0.1, 0.15) is 109 Å². The zero-order valence-electron chi connectivity index (χ0n) is 34.7. The molecule has 0 bridgehead atoms. The van der Waals surface area contributed by atoms with Gasteiger partial charge in [-0.05, 0) is 111 Å². The highest BCUT2D eigenvalue weighted by atomic mass is 28.3. The maximum atomic E-state index is 13.9. The molecule has 2 aliphatic carbocycles. The number of hydrogen-bond acceptors (Lipinski definition) is 6. The highest BCUT2D eigenvalue weighted by Crippen LogP contribution is 2.52. The fourth-order valence-electron chi connectivity index (χ4n) is 6.79. The molecule has 1 aliphatic heterocycles. The zero-order valence-corrected chi connectivity index (χ0v) is 35.7. The maximum absolute atomic E-state index is 13.9. The summed E-state index contributed by atoms with van der Waals surface area (Å²) in [6.45, 7) is 35.1. The van der Waals surface area contributed by atoms with Gasteiger partial charge in [0.1, 0.15) is 6.04 Å². The van der Waals surface area contributed by atoms with E-state index in [1.165, 1.54) is 10.2 Å². The Hall–Kier alpha value is -4.83. The highest BCUT2D eigenvalue weighted by Gasteiger charge is 2.50. The molecule has 8 heteroatoms. The molecule has 0 spiro atoms. The molecule has 286 valence electrons. The molecule has 5 rings (SSSR count). The molecular weight excluding hydrogens is 695 g/mol. The van der Waals surface area contributed by atoms with E-state index < -0.39 is 25.2 Å². The molecule has 0 radical (unpaired) electrons. The number of rotatable bonds is 8. The lowest BCUT2D eigenvalue weighted by Gasteiger charge is -2.44. The Labute approximate surface area is 330 Å². The summed E-state index contributed by atoms with van der Waals surface area (Å²) < 4.78 is 0. The molecule has 1 N–H and O–H groups in total. The number of nitrogens with one attached hydrogen (secondary N) is 1. The van der Waals surface area contributed by atoms with Crippen molar-refractivity contribution in [3.63, 3.8) is 0 Å². The molecule has 0 saturated heterocycles. The number of hydrogen-bond donors (Lipinski definition) is 1. The molecule has 0 amide bonds. The van der Waals surface area contributed by atoms with Crippen molar-refractivity contribution in [2.75, 3.05) is 6.54 Å². The van der Waals surface area contributed by atoms with Crippen LogP contribution in [-0.4, -0.2) is 47.7 Å². The standard InChI is InChI=1S/C47H56N5O2Si/c1-32(48)29-50-30-35-21-17-19-33(27-35)25-26-34-20-18-22-36(28-34)43-41(49-11)42(52(54-43)46(5,6)7)40-38-24-16-14-15-23-37(38)39(31-51(53)45(2,3)4)44(40)55(12,13)47(8,9)10/h14-24,27-28,30,42,48H,29,31H2,1-10,12-13H3/q-1. The highest BCUT2D eigenvalue weighted by molar-refractivity contribution is 6.93. The molecule has 2 aromatic carbocycles. The Morgan fingerprint density at radius 1 is 0.927 bits per heavy atom. The third-order valence-corrected chi connectivity index (χ3v) is 16.2. The van der Waals surface area contributed by atoms with Crippen molar-refractivity contribution in [2.24, 2.45) is 4.99 Å². The Kier molecular flexibility index (Phi) is 11.8. The molecule has 0 fully saturated rings. The summed E-state index contributed by atoms with van der Waals surface area (Å²) in [4.78, 5) is 15.5. The SMILES string of the molecule is [C-]#[N+]C1=C(c2cccc(C#Cc3cccc(C=NCC(C)=N)c3)c2)ON(C(C)(C)C)C1c1c2cccccc-2c(CN([O-])C(C)(C)C)c1[Si](C)(C)C(C)(C)C. The van der Waals surface area contributed by atoms with E-state index in [1.54, 1.807) is 13.1 Å². The zero-order chi connectivity index (χ0) is 40.5. The summed E-state index contributed by atoms with van der Waals surface area (Å²) in [5.74, 6) is 7.14. The lowest BCUT2D eigenvalue weighted by atomic mass is 9.95. The van der Waals surface area contributed by atoms with Crippen LogP contribution in [0.4, 0.5) is 0 Å². The van der Waals surface area contributed by atoms with E-state index in [0.29, 0.717) is 23.7 Å². The van der Waals surface area contributed by atoms with Crippen LogP contribution in [0, 0.1) is 29.0 Å². The van der Waals surface area contributed by atoms with Crippen LogP contribution in [0.2, 0.25) is 18.1 Å². The Balaban J connectivity index is 1.72. The van der Waals surface area contributed by atoms with E-state index in [1.807, 2.05) is 80.4 Å². The molecule has 3 aliphatic rings. The lowest BCUT2D eigenvalue weighted by molar-refractivity contribution is -0.157. The van der Waals surface area contributed by atoms with Gasteiger partial charge in [-0.3, -0.25) is 4.99 Å². The van der Waals surface area contributed by atoms with Gasteiger partial charge < -0.3 is 20.5 Å². The second kappa shape index (κ2) is 15.7. The first-order chi connectivity index (χ1) is 25.6. The maximum Gasteiger partial charge on any atom is 0.234 e. The molecule has 55 heavy (non-hydrogen) atoms.